The van der Waals surface area contributed by atoms with Crippen LogP contribution in [0.1, 0.15) is 42.5 Å². The number of carbonyl (C=O) groups excluding carboxylic acids is 1. The fourth-order valence-corrected chi connectivity index (χ4v) is 3.67. The maximum atomic E-state index is 12.1. The van der Waals surface area contributed by atoms with Gasteiger partial charge in [-0.25, -0.2) is 0 Å². The quantitative estimate of drug-likeness (QED) is 0.922. The highest BCUT2D eigenvalue weighted by atomic mass is 16.2. The maximum absolute atomic E-state index is 12.1. The van der Waals surface area contributed by atoms with Crippen LogP contribution in [0.15, 0.2) is 11.0 Å². The molecule has 2 saturated heterocycles. The molecule has 2 fully saturated rings. The van der Waals surface area contributed by atoms with Crippen molar-refractivity contribution in [1.29, 1.82) is 0 Å². The number of carbonyl (C=O) groups is 1. The summed E-state index contributed by atoms with van der Waals surface area (Å²) < 4.78 is 0. The minimum absolute atomic E-state index is 0.136. The molecule has 120 valence electrons. The van der Waals surface area contributed by atoms with Gasteiger partial charge in [0.05, 0.1) is 0 Å². The topological polar surface area (TPSA) is 56.4 Å². The fourth-order valence-electron chi connectivity index (χ4n) is 3.67. The monoisotopic (exact) mass is 303 g/mol. The summed E-state index contributed by atoms with van der Waals surface area (Å²) in [5.41, 5.74) is 2.72. The molecule has 1 amide bonds. The third-order valence-corrected chi connectivity index (χ3v) is 5.03. The number of pyridine rings is 1. The van der Waals surface area contributed by atoms with Crippen molar-refractivity contribution in [3.63, 3.8) is 0 Å². The van der Waals surface area contributed by atoms with Crippen LogP contribution in [-0.2, 0) is 11.3 Å². The molecular weight excluding hydrogens is 278 g/mol. The van der Waals surface area contributed by atoms with Gasteiger partial charge in [-0.2, -0.15) is 0 Å². The zero-order chi connectivity index (χ0) is 15.7. The van der Waals surface area contributed by atoms with Crippen LogP contribution >= 0.6 is 0 Å². The number of rotatable bonds is 3. The molecule has 1 unspecified atom stereocenters. The third kappa shape index (κ3) is 2.95. The van der Waals surface area contributed by atoms with Crippen molar-refractivity contribution in [2.75, 3.05) is 19.6 Å². The highest BCUT2D eigenvalue weighted by molar-refractivity contribution is 5.78. The second-order valence-corrected chi connectivity index (χ2v) is 6.63. The lowest BCUT2D eigenvalue weighted by atomic mass is 10.0. The zero-order valence-corrected chi connectivity index (χ0v) is 13.5. The number of aromatic nitrogens is 1. The fraction of sp³-hybridized carbons (Fsp3) is 0.647. The molecule has 22 heavy (non-hydrogen) atoms. The molecule has 1 aromatic heterocycles. The number of amides is 1. The average Bonchev–Trinajstić information content (AvgIpc) is 2.94. The van der Waals surface area contributed by atoms with E-state index in [0.29, 0.717) is 18.4 Å². The molecule has 1 atom stereocenters. The van der Waals surface area contributed by atoms with Crippen molar-refractivity contribution < 1.29 is 4.79 Å². The van der Waals surface area contributed by atoms with Gasteiger partial charge in [-0.3, -0.25) is 14.5 Å². The van der Waals surface area contributed by atoms with E-state index in [0.717, 1.165) is 62.3 Å². The van der Waals surface area contributed by atoms with E-state index in [1.165, 1.54) is 0 Å². The van der Waals surface area contributed by atoms with Crippen molar-refractivity contribution in [1.82, 2.24) is 14.8 Å². The van der Waals surface area contributed by atoms with Gasteiger partial charge in [0.25, 0.3) is 0 Å². The van der Waals surface area contributed by atoms with Gasteiger partial charge in [0.2, 0.25) is 5.91 Å². The van der Waals surface area contributed by atoms with Gasteiger partial charge in [0.15, 0.2) is 5.43 Å². The number of aromatic amines is 1. The van der Waals surface area contributed by atoms with Crippen LogP contribution in [0.4, 0.5) is 0 Å². The van der Waals surface area contributed by atoms with Crippen LogP contribution in [0.2, 0.25) is 0 Å². The standard InChI is InChI=1S/C17H25N3O2/c1-12-9-18-15(13(2)17(12)22)11-19-7-3-5-14(10-19)20-8-4-6-16(20)21/h9,14H,3-8,10-11H2,1-2H3,(H,18,22). The van der Waals surface area contributed by atoms with Gasteiger partial charge in [0, 0.05) is 55.1 Å². The van der Waals surface area contributed by atoms with Crippen LogP contribution in [0.3, 0.4) is 0 Å². The molecule has 0 radical (unpaired) electrons. The Hall–Kier alpha value is -1.62. The summed E-state index contributed by atoms with van der Waals surface area (Å²) in [5, 5.41) is 0. The van der Waals surface area contributed by atoms with Gasteiger partial charge < -0.3 is 9.88 Å². The summed E-state index contributed by atoms with van der Waals surface area (Å²) in [6.07, 6.45) is 5.73. The van der Waals surface area contributed by atoms with E-state index in [1.54, 1.807) is 6.20 Å². The molecule has 0 spiro atoms. The van der Waals surface area contributed by atoms with Gasteiger partial charge in [0.1, 0.15) is 0 Å². The van der Waals surface area contributed by atoms with Gasteiger partial charge in [-0.1, -0.05) is 0 Å². The largest absolute Gasteiger partial charge is 0.363 e. The number of hydrogen-bond donors (Lipinski definition) is 1. The molecule has 2 aliphatic heterocycles. The molecule has 0 saturated carbocycles. The number of aryl methyl sites for hydroxylation is 1. The van der Waals surface area contributed by atoms with E-state index < -0.39 is 0 Å². The molecule has 5 heteroatoms. The van der Waals surface area contributed by atoms with Crippen LogP contribution < -0.4 is 5.43 Å². The predicted octanol–water partition coefficient (Wildman–Crippen LogP) is 1.58. The Morgan fingerprint density at radius 2 is 2.05 bits per heavy atom. The molecule has 0 aromatic carbocycles. The number of likely N-dealkylation sites (tertiary alicyclic amines) is 2. The molecule has 0 aliphatic carbocycles. The summed E-state index contributed by atoms with van der Waals surface area (Å²) in [6, 6.07) is 0.348. The first kappa shape index (κ1) is 15.3. The minimum atomic E-state index is 0.136. The van der Waals surface area contributed by atoms with Crippen LogP contribution in [0.5, 0.6) is 0 Å². The molecule has 2 aliphatic rings. The smallest absolute Gasteiger partial charge is 0.222 e. The number of piperidine rings is 1. The summed E-state index contributed by atoms with van der Waals surface area (Å²) >= 11 is 0. The van der Waals surface area contributed by atoms with E-state index in [4.69, 9.17) is 0 Å². The van der Waals surface area contributed by atoms with E-state index in [2.05, 4.69) is 14.8 Å². The molecule has 0 bridgehead atoms. The summed E-state index contributed by atoms with van der Waals surface area (Å²) in [6.45, 7) is 7.37. The van der Waals surface area contributed by atoms with Crippen molar-refractivity contribution >= 4 is 5.91 Å². The second-order valence-electron chi connectivity index (χ2n) is 6.63. The van der Waals surface area contributed by atoms with E-state index >= 15 is 0 Å². The van der Waals surface area contributed by atoms with Crippen LogP contribution in [0.25, 0.3) is 0 Å². The van der Waals surface area contributed by atoms with Gasteiger partial charge in [-0.05, 0) is 39.7 Å². The predicted molar refractivity (Wildman–Crippen MR) is 85.8 cm³/mol. The number of hydrogen-bond acceptors (Lipinski definition) is 3. The van der Waals surface area contributed by atoms with E-state index in [1.807, 2.05) is 13.8 Å². The first-order chi connectivity index (χ1) is 10.6. The lowest BCUT2D eigenvalue weighted by Gasteiger charge is -2.37. The Bertz CT molecular complexity index is 623. The number of nitrogens with zero attached hydrogens (tertiary/aromatic N) is 2. The van der Waals surface area contributed by atoms with Crippen molar-refractivity contribution in [2.24, 2.45) is 0 Å². The van der Waals surface area contributed by atoms with Crippen molar-refractivity contribution in [3.8, 4) is 0 Å². The molecule has 3 heterocycles. The van der Waals surface area contributed by atoms with Crippen molar-refractivity contribution in [2.45, 2.75) is 52.1 Å². The average molecular weight is 303 g/mol. The first-order valence-corrected chi connectivity index (χ1v) is 8.26. The summed E-state index contributed by atoms with van der Waals surface area (Å²) in [4.78, 5) is 31.7. The molecule has 1 aromatic rings. The summed E-state index contributed by atoms with van der Waals surface area (Å²) in [7, 11) is 0. The molecule has 1 N–H and O–H groups in total. The SMILES string of the molecule is Cc1c[nH]c(CN2CCCC(N3CCCC3=O)C2)c(C)c1=O. The van der Waals surface area contributed by atoms with Gasteiger partial charge in [-0.15, -0.1) is 0 Å². The normalized spacial score (nSPS) is 23.3. The molecule has 5 nitrogen and oxygen atoms in total. The third-order valence-electron chi connectivity index (χ3n) is 5.03. The van der Waals surface area contributed by atoms with E-state index in [-0.39, 0.29) is 5.43 Å². The lowest BCUT2D eigenvalue weighted by molar-refractivity contribution is -0.130. The Kier molecular flexibility index (Phi) is 4.34. The number of H-pyrrole nitrogens is 1. The lowest BCUT2D eigenvalue weighted by Crippen LogP contribution is -2.48. The Morgan fingerprint density at radius 1 is 1.23 bits per heavy atom. The Morgan fingerprint density at radius 3 is 2.77 bits per heavy atom. The summed E-state index contributed by atoms with van der Waals surface area (Å²) in [5.74, 6) is 0.312. The molecule has 3 rings (SSSR count). The second kappa shape index (κ2) is 6.24. The van der Waals surface area contributed by atoms with Crippen LogP contribution in [0, 0.1) is 13.8 Å². The maximum Gasteiger partial charge on any atom is 0.222 e. The van der Waals surface area contributed by atoms with Gasteiger partial charge >= 0.3 is 0 Å². The molecular formula is C17H25N3O2. The van der Waals surface area contributed by atoms with E-state index in [9.17, 15) is 9.59 Å². The van der Waals surface area contributed by atoms with Crippen molar-refractivity contribution in [3.05, 3.63) is 33.2 Å². The Balaban J connectivity index is 1.69. The number of nitrogens with one attached hydrogen (secondary N) is 1. The zero-order valence-electron chi connectivity index (χ0n) is 13.5. The Labute approximate surface area is 131 Å². The highest BCUT2D eigenvalue weighted by Gasteiger charge is 2.31. The highest BCUT2D eigenvalue weighted by Crippen LogP contribution is 2.22. The van der Waals surface area contributed by atoms with Crippen LogP contribution in [-0.4, -0.2) is 46.4 Å². The first-order valence-electron chi connectivity index (χ1n) is 8.26. The minimum Gasteiger partial charge on any atom is -0.363 e.